The molecule has 0 aliphatic carbocycles. The summed E-state index contributed by atoms with van der Waals surface area (Å²) in [7, 11) is -3.24. The third-order valence-corrected chi connectivity index (χ3v) is 3.75. The SMILES string of the molecule is Cc1cc(C)c(CNC(=O)CCNS(C)(=O)=O)c(C)c1. The Hall–Kier alpha value is -1.40. The Morgan fingerprint density at radius 2 is 1.70 bits per heavy atom. The Bertz CT molecular complexity index is 571. The van der Waals surface area contributed by atoms with Crippen molar-refractivity contribution in [1.29, 1.82) is 0 Å². The van der Waals surface area contributed by atoms with Gasteiger partial charge in [0.15, 0.2) is 0 Å². The van der Waals surface area contributed by atoms with E-state index in [4.69, 9.17) is 0 Å². The van der Waals surface area contributed by atoms with Crippen molar-refractivity contribution in [1.82, 2.24) is 10.0 Å². The highest BCUT2D eigenvalue weighted by Gasteiger charge is 2.07. The van der Waals surface area contributed by atoms with Crippen LogP contribution < -0.4 is 10.0 Å². The molecule has 20 heavy (non-hydrogen) atoms. The van der Waals surface area contributed by atoms with Crippen molar-refractivity contribution in [3.05, 3.63) is 34.4 Å². The quantitative estimate of drug-likeness (QED) is 0.828. The molecule has 0 fully saturated rings. The van der Waals surface area contributed by atoms with Gasteiger partial charge in [-0.3, -0.25) is 4.79 Å². The van der Waals surface area contributed by atoms with E-state index in [2.05, 4.69) is 22.2 Å². The molecule has 0 heterocycles. The van der Waals surface area contributed by atoms with Gasteiger partial charge in [0.2, 0.25) is 15.9 Å². The molecule has 0 atom stereocenters. The summed E-state index contributed by atoms with van der Waals surface area (Å²) in [5, 5.41) is 2.81. The number of hydrogen-bond acceptors (Lipinski definition) is 3. The molecule has 6 heteroatoms. The van der Waals surface area contributed by atoms with Crippen LogP contribution in [0.15, 0.2) is 12.1 Å². The van der Waals surface area contributed by atoms with E-state index < -0.39 is 10.0 Å². The van der Waals surface area contributed by atoms with Crippen LogP contribution in [0.4, 0.5) is 0 Å². The maximum absolute atomic E-state index is 11.6. The van der Waals surface area contributed by atoms with Gasteiger partial charge in [0.1, 0.15) is 0 Å². The average molecular weight is 298 g/mol. The highest BCUT2D eigenvalue weighted by Crippen LogP contribution is 2.15. The standard InChI is InChI=1S/C14H22N2O3S/c1-10-7-11(2)13(12(3)8-10)9-15-14(17)5-6-16-20(4,18)19/h7-8,16H,5-6,9H2,1-4H3,(H,15,17). The van der Waals surface area contributed by atoms with Crippen LogP contribution in [0.25, 0.3) is 0 Å². The first-order valence-electron chi connectivity index (χ1n) is 6.47. The van der Waals surface area contributed by atoms with Crippen LogP contribution in [0.2, 0.25) is 0 Å². The van der Waals surface area contributed by atoms with Gasteiger partial charge in [0, 0.05) is 19.5 Å². The fraction of sp³-hybridized carbons (Fsp3) is 0.500. The molecule has 1 amide bonds. The molecule has 2 N–H and O–H groups in total. The molecule has 112 valence electrons. The first-order chi connectivity index (χ1) is 9.19. The summed E-state index contributed by atoms with van der Waals surface area (Å²) in [6.07, 6.45) is 1.21. The number of amides is 1. The van der Waals surface area contributed by atoms with E-state index in [1.165, 1.54) is 5.56 Å². The van der Waals surface area contributed by atoms with Gasteiger partial charge in [-0.15, -0.1) is 0 Å². The van der Waals surface area contributed by atoms with E-state index in [0.29, 0.717) is 6.54 Å². The third kappa shape index (κ3) is 5.71. The molecule has 0 unspecified atom stereocenters. The normalized spacial score (nSPS) is 11.4. The van der Waals surface area contributed by atoms with Crippen LogP contribution in [-0.2, 0) is 21.4 Å². The minimum absolute atomic E-state index is 0.122. The minimum Gasteiger partial charge on any atom is -0.352 e. The lowest BCUT2D eigenvalue weighted by atomic mass is 10.00. The highest BCUT2D eigenvalue weighted by atomic mass is 32.2. The van der Waals surface area contributed by atoms with Gasteiger partial charge in [0.25, 0.3) is 0 Å². The van der Waals surface area contributed by atoms with Crippen molar-refractivity contribution < 1.29 is 13.2 Å². The summed E-state index contributed by atoms with van der Waals surface area (Å²) in [6.45, 7) is 6.67. The van der Waals surface area contributed by atoms with Crippen LogP contribution in [0.3, 0.4) is 0 Å². The van der Waals surface area contributed by atoms with Gasteiger partial charge in [-0.2, -0.15) is 0 Å². The first kappa shape index (κ1) is 16.7. The Morgan fingerprint density at radius 3 is 2.20 bits per heavy atom. The Balaban J connectivity index is 2.50. The number of benzene rings is 1. The monoisotopic (exact) mass is 298 g/mol. The molecule has 0 aliphatic rings. The van der Waals surface area contributed by atoms with Gasteiger partial charge < -0.3 is 5.32 Å². The zero-order valence-corrected chi connectivity index (χ0v) is 13.2. The number of nitrogens with one attached hydrogen (secondary N) is 2. The molecule has 1 rings (SSSR count). The largest absolute Gasteiger partial charge is 0.352 e. The molecule has 0 aliphatic heterocycles. The number of hydrogen-bond donors (Lipinski definition) is 2. The zero-order chi connectivity index (χ0) is 15.3. The minimum atomic E-state index is -3.24. The molecule has 1 aromatic rings. The Labute approximate surface area is 120 Å². The Morgan fingerprint density at radius 1 is 1.15 bits per heavy atom. The summed E-state index contributed by atoms with van der Waals surface area (Å²) in [6, 6.07) is 4.17. The second-order valence-electron chi connectivity index (χ2n) is 5.07. The summed E-state index contributed by atoms with van der Waals surface area (Å²) in [5.41, 5.74) is 4.61. The second-order valence-corrected chi connectivity index (χ2v) is 6.90. The summed E-state index contributed by atoms with van der Waals surface area (Å²) < 4.78 is 24.0. The van der Waals surface area contributed by atoms with E-state index in [1.54, 1.807) is 0 Å². The van der Waals surface area contributed by atoms with Crippen molar-refractivity contribution >= 4 is 15.9 Å². The molecule has 0 bridgehead atoms. The molecule has 0 radical (unpaired) electrons. The van der Waals surface area contributed by atoms with E-state index >= 15 is 0 Å². The summed E-state index contributed by atoms with van der Waals surface area (Å²) in [4.78, 5) is 11.6. The van der Waals surface area contributed by atoms with Crippen molar-refractivity contribution in [2.75, 3.05) is 12.8 Å². The van der Waals surface area contributed by atoms with Crippen LogP contribution >= 0.6 is 0 Å². The van der Waals surface area contributed by atoms with Gasteiger partial charge in [-0.05, 0) is 37.5 Å². The van der Waals surface area contributed by atoms with Gasteiger partial charge in [-0.1, -0.05) is 17.7 Å². The number of carbonyl (C=O) groups is 1. The lowest BCUT2D eigenvalue weighted by Crippen LogP contribution is -2.30. The molecular weight excluding hydrogens is 276 g/mol. The van der Waals surface area contributed by atoms with Crippen LogP contribution in [-0.4, -0.2) is 27.1 Å². The molecule has 0 spiro atoms. The van der Waals surface area contributed by atoms with E-state index in [9.17, 15) is 13.2 Å². The molecule has 5 nitrogen and oxygen atoms in total. The van der Waals surface area contributed by atoms with Gasteiger partial charge in [-0.25, -0.2) is 13.1 Å². The first-order valence-corrected chi connectivity index (χ1v) is 8.36. The number of aryl methyl sites for hydroxylation is 3. The maximum Gasteiger partial charge on any atom is 0.221 e. The summed E-state index contributed by atoms with van der Waals surface area (Å²) >= 11 is 0. The predicted octanol–water partition coefficient (Wildman–Crippen LogP) is 1.17. The van der Waals surface area contributed by atoms with Crippen LogP contribution in [0.5, 0.6) is 0 Å². The molecular formula is C14H22N2O3S. The maximum atomic E-state index is 11.6. The average Bonchev–Trinajstić information content (AvgIpc) is 2.25. The zero-order valence-electron chi connectivity index (χ0n) is 12.4. The van der Waals surface area contributed by atoms with Crippen molar-refractivity contribution in [3.63, 3.8) is 0 Å². The van der Waals surface area contributed by atoms with Crippen molar-refractivity contribution in [2.24, 2.45) is 0 Å². The van der Waals surface area contributed by atoms with E-state index in [0.717, 1.165) is 22.9 Å². The van der Waals surface area contributed by atoms with Gasteiger partial charge >= 0.3 is 0 Å². The number of sulfonamides is 1. The topological polar surface area (TPSA) is 75.3 Å². The van der Waals surface area contributed by atoms with Crippen molar-refractivity contribution in [2.45, 2.75) is 33.7 Å². The van der Waals surface area contributed by atoms with E-state index in [-0.39, 0.29) is 18.9 Å². The second kappa shape index (κ2) is 6.85. The molecule has 0 aromatic heterocycles. The highest BCUT2D eigenvalue weighted by molar-refractivity contribution is 7.88. The number of carbonyl (C=O) groups excluding carboxylic acids is 1. The van der Waals surface area contributed by atoms with Gasteiger partial charge in [0.05, 0.1) is 6.26 Å². The van der Waals surface area contributed by atoms with Crippen molar-refractivity contribution in [3.8, 4) is 0 Å². The molecule has 0 saturated heterocycles. The smallest absolute Gasteiger partial charge is 0.221 e. The fourth-order valence-electron chi connectivity index (χ4n) is 2.11. The van der Waals surface area contributed by atoms with Crippen LogP contribution in [0.1, 0.15) is 28.7 Å². The predicted molar refractivity (Wildman–Crippen MR) is 80.0 cm³/mol. The van der Waals surface area contributed by atoms with E-state index in [1.807, 2.05) is 20.8 Å². The lowest BCUT2D eigenvalue weighted by molar-refractivity contribution is -0.121. The third-order valence-electron chi connectivity index (χ3n) is 3.02. The fourth-order valence-corrected chi connectivity index (χ4v) is 2.59. The van der Waals surface area contributed by atoms with Crippen LogP contribution in [0, 0.1) is 20.8 Å². The Kier molecular flexibility index (Phi) is 5.71. The molecule has 0 saturated carbocycles. The molecule has 1 aromatic carbocycles. The lowest BCUT2D eigenvalue weighted by Gasteiger charge is -2.12. The number of rotatable bonds is 6. The summed E-state index contributed by atoms with van der Waals surface area (Å²) in [5.74, 6) is -0.166.